The van der Waals surface area contributed by atoms with Gasteiger partial charge in [0.15, 0.2) is 6.10 Å². The van der Waals surface area contributed by atoms with Crippen LogP contribution in [0.5, 0.6) is 5.75 Å². The SMILES string of the molecule is CC(NC(=O)OC(C)(C)C)C(=O)NC(C)C(=O)OCC(COc1ccc(-c2c(C#N)c(N)nc(SCc3coc(-c4ccc(Cl)cc4)n3)c2C#N)cc1)OC(=O)C(C)NC(=O)C(C)NC(=O)OC(C)(C)C. The molecule has 23 heteroatoms. The van der Waals surface area contributed by atoms with Gasteiger partial charge >= 0.3 is 24.1 Å². The van der Waals surface area contributed by atoms with Gasteiger partial charge < -0.3 is 55.1 Å². The average molecular weight is 1020 g/mol. The van der Waals surface area contributed by atoms with Gasteiger partial charge in [0.25, 0.3) is 0 Å². The van der Waals surface area contributed by atoms with Crippen LogP contribution in [0.3, 0.4) is 0 Å². The van der Waals surface area contributed by atoms with Crippen LogP contribution in [0.2, 0.25) is 5.02 Å². The Morgan fingerprint density at radius 1 is 0.718 bits per heavy atom. The molecule has 0 radical (unpaired) electrons. The van der Waals surface area contributed by atoms with Gasteiger partial charge in [-0.05, 0) is 111 Å². The Morgan fingerprint density at radius 2 is 1.24 bits per heavy atom. The van der Waals surface area contributed by atoms with Crippen molar-refractivity contribution in [1.29, 1.82) is 10.5 Å². The molecular formula is C48H56ClN9O12S. The highest BCUT2D eigenvalue weighted by Crippen LogP contribution is 2.37. The highest BCUT2D eigenvalue weighted by Gasteiger charge is 2.29. The van der Waals surface area contributed by atoms with E-state index in [1.807, 2.05) is 6.07 Å². The number of rotatable bonds is 19. The predicted molar refractivity (Wildman–Crippen MR) is 259 cm³/mol. The van der Waals surface area contributed by atoms with Crippen molar-refractivity contribution in [3.05, 3.63) is 76.6 Å². The van der Waals surface area contributed by atoms with Crippen molar-refractivity contribution in [3.63, 3.8) is 0 Å². The van der Waals surface area contributed by atoms with Crippen LogP contribution in [0.15, 0.2) is 64.2 Å². The number of hydrogen-bond donors (Lipinski definition) is 5. The summed E-state index contributed by atoms with van der Waals surface area (Å²) in [6.45, 7) is 14.4. The molecule has 0 aliphatic heterocycles. The third kappa shape index (κ3) is 17.4. The zero-order valence-electron chi connectivity index (χ0n) is 40.8. The Kier molecular flexibility index (Phi) is 19.6. The first-order chi connectivity index (χ1) is 33.3. The van der Waals surface area contributed by atoms with Crippen LogP contribution < -0.4 is 31.7 Å². The van der Waals surface area contributed by atoms with E-state index in [0.29, 0.717) is 27.7 Å². The van der Waals surface area contributed by atoms with Crippen molar-refractivity contribution in [1.82, 2.24) is 31.2 Å². The lowest BCUT2D eigenvalue weighted by Crippen LogP contribution is -2.51. The van der Waals surface area contributed by atoms with E-state index in [9.17, 15) is 39.3 Å². The minimum absolute atomic E-state index is 0.0322. The van der Waals surface area contributed by atoms with Crippen LogP contribution in [-0.4, -0.2) is 101 Å². The number of nitrogens with one attached hydrogen (secondary N) is 4. The number of nitriles is 2. The van der Waals surface area contributed by atoms with Gasteiger partial charge in [-0.3, -0.25) is 9.59 Å². The summed E-state index contributed by atoms with van der Waals surface area (Å²) in [5, 5.41) is 30.9. The number of nitrogens with two attached hydrogens (primary N) is 1. The van der Waals surface area contributed by atoms with Crippen LogP contribution in [0.25, 0.3) is 22.6 Å². The van der Waals surface area contributed by atoms with Gasteiger partial charge in [0.1, 0.15) is 89.1 Å². The maximum absolute atomic E-state index is 13.4. The molecule has 21 nitrogen and oxygen atoms in total. The molecule has 378 valence electrons. The minimum atomic E-state index is -1.31. The Labute approximate surface area is 419 Å². The van der Waals surface area contributed by atoms with E-state index < -0.39 is 90.6 Å². The Hall–Kier alpha value is -7.56. The Balaban J connectivity index is 1.49. The normalized spacial score (nSPS) is 13.3. The summed E-state index contributed by atoms with van der Waals surface area (Å²) in [4.78, 5) is 85.4. The molecule has 2 aromatic carbocycles. The number of alkyl carbamates (subject to hydrolysis) is 2. The quantitative estimate of drug-likeness (QED) is 0.0388. The first kappa shape index (κ1) is 56.0. The van der Waals surface area contributed by atoms with Gasteiger partial charge in [0.05, 0.1) is 11.3 Å². The highest BCUT2D eigenvalue weighted by atomic mass is 35.5. The van der Waals surface area contributed by atoms with Crippen LogP contribution in [0.4, 0.5) is 15.4 Å². The average Bonchev–Trinajstić information content (AvgIpc) is 3.76. The number of benzene rings is 2. The number of ether oxygens (including phenoxy) is 5. The number of carbonyl (C=O) groups is 6. The lowest BCUT2D eigenvalue weighted by molar-refractivity contribution is -0.163. The summed E-state index contributed by atoms with van der Waals surface area (Å²) in [5.74, 6) is -2.63. The molecular weight excluding hydrogens is 962 g/mol. The Morgan fingerprint density at radius 3 is 1.76 bits per heavy atom. The highest BCUT2D eigenvalue weighted by molar-refractivity contribution is 7.98. The monoisotopic (exact) mass is 1020 g/mol. The van der Waals surface area contributed by atoms with Gasteiger partial charge in [0, 0.05) is 21.9 Å². The molecule has 71 heavy (non-hydrogen) atoms. The molecule has 0 fully saturated rings. The third-order valence-electron chi connectivity index (χ3n) is 9.37. The number of anilines is 1. The maximum atomic E-state index is 13.4. The molecule has 4 amide bonds. The van der Waals surface area contributed by atoms with E-state index in [2.05, 4.69) is 37.3 Å². The van der Waals surface area contributed by atoms with Crippen LogP contribution in [0, 0.1) is 22.7 Å². The van der Waals surface area contributed by atoms with Crippen LogP contribution >= 0.6 is 23.4 Å². The number of nitrogens with zero attached hydrogens (tertiary/aromatic N) is 4. The third-order valence-corrected chi connectivity index (χ3v) is 10.6. The fraction of sp³-hybridized carbons (Fsp3) is 0.417. The molecule has 0 saturated heterocycles. The maximum Gasteiger partial charge on any atom is 0.408 e. The van der Waals surface area contributed by atoms with Gasteiger partial charge in [-0.1, -0.05) is 35.5 Å². The van der Waals surface area contributed by atoms with Gasteiger partial charge in [0.2, 0.25) is 17.7 Å². The molecule has 2 aromatic heterocycles. The van der Waals surface area contributed by atoms with E-state index in [1.54, 1.807) is 77.9 Å². The number of nitrogen functional groups attached to an aromatic ring is 1. The van der Waals surface area contributed by atoms with Gasteiger partial charge in [-0.15, -0.1) is 0 Å². The van der Waals surface area contributed by atoms with Gasteiger partial charge in [-0.25, -0.2) is 29.1 Å². The largest absolute Gasteiger partial charge is 0.490 e. The first-order valence-corrected chi connectivity index (χ1v) is 23.3. The molecule has 0 bridgehead atoms. The number of aromatic nitrogens is 2. The molecule has 6 N–H and O–H groups in total. The van der Waals surface area contributed by atoms with Crippen LogP contribution in [0.1, 0.15) is 86.1 Å². The van der Waals surface area contributed by atoms with Gasteiger partial charge in [-0.2, -0.15) is 10.5 Å². The molecule has 4 rings (SSSR count). The van der Waals surface area contributed by atoms with Crippen LogP contribution in [-0.2, 0) is 43.9 Å². The predicted octanol–water partition coefficient (Wildman–Crippen LogP) is 6.34. The molecule has 0 aliphatic carbocycles. The molecule has 0 spiro atoms. The number of pyridine rings is 1. The second-order valence-electron chi connectivity index (χ2n) is 17.8. The lowest BCUT2D eigenvalue weighted by atomic mass is 9.97. The topological polar surface area (TPSA) is 309 Å². The lowest BCUT2D eigenvalue weighted by Gasteiger charge is -2.24. The van der Waals surface area contributed by atoms with Crippen molar-refractivity contribution >= 4 is 65.1 Å². The number of amides is 4. The number of halogens is 1. The van der Waals surface area contributed by atoms with Crippen molar-refractivity contribution in [3.8, 4) is 40.5 Å². The van der Waals surface area contributed by atoms with Crippen molar-refractivity contribution in [2.45, 2.75) is 121 Å². The summed E-state index contributed by atoms with van der Waals surface area (Å²) in [7, 11) is 0. The summed E-state index contributed by atoms with van der Waals surface area (Å²) < 4.78 is 33.0. The smallest absolute Gasteiger partial charge is 0.408 e. The second kappa shape index (κ2) is 24.8. The molecule has 5 unspecified atom stereocenters. The summed E-state index contributed by atoms with van der Waals surface area (Å²) in [6, 6.07) is 12.6. The molecule has 5 atom stereocenters. The number of carbonyl (C=O) groups excluding carboxylic acids is 6. The van der Waals surface area contributed by atoms with E-state index in [4.69, 9.17) is 45.4 Å². The summed E-state index contributed by atoms with van der Waals surface area (Å²) in [6.07, 6.45) is -1.52. The van der Waals surface area contributed by atoms with Crippen molar-refractivity contribution in [2.75, 3.05) is 18.9 Å². The van der Waals surface area contributed by atoms with E-state index in [0.717, 1.165) is 0 Å². The minimum Gasteiger partial charge on any atom is -0.490 e. The number of hydrogen-bond acceptors (Lipinski definition) is 18. The fourth-order valence-electron chi connectivity index (χ4n) is 5.92. The van der Waals surface area contributed by atoms with E-state index in [-0.39, 0.29) is 39.0 Å². The Bertz CT molecular complexity index is 2650. The number of thioether (sulfide) groups is 1. The zero-order chi connectivity index (χ0) is 52.8. The first-order valence-electron chi connectivity index (χ1n) is 21.9. The summed E-state index contributed by atoms with van der Waals surface area (Å²) >= 11 is 7.18. The number of oxazole rings is 1. The fourth-order valence-corrected chi connectivity index (χ4v) is 6.91. The molecule has 4 aromatic rings. The molecule has 0 saturated carbocycles. The van der Waals surface area contributed by atoms with Crippen molar-refractivity contribution < 1.29 is 56.9 Å². The van der Waals surface area contributed by atoms with E-state index >= 15 is 0 Å². The summed E-state index contributed by atoms with van der Waals surface area (Å²) in [5.41, 5.74) is 6.57. The number of esters is 2. The van der Waals surface area contributed by atoms with E-state index in [1.165, 1.54) is 57.9 Å². The molecule has 2 heterocycles. The standard InChI is InChI=1S/C48H56ClN9O12S/c1-25(55-45(63)69-47(5,6)7)39(59)53-27(3)43(61)67-23-34(68-44(62)28(4)54-40(60)26(2)56-46(64)70-48(8,9)10)22-65-33-17-13-29(14-18-33)37-35(19-50)38(52)58-42(36(37)20-51)71-24-32-21-66-41(57-32)30-11-15-31(49)16-12-30/h11-18,21,25-28,34H,22-24H2,1-10H3,(H2,52,58)(H,53,59)(H,54,60)(H,55,63)(H,56,64). The molecule has 0 aliphatic rings. The second-order valence-corrected chi connectivity index (χ2v) is 19.2. The van der Waals surface area contributed by atoms with Crippen molar-refractivity contribution in [2.24, 2.45) is 0 Å². The zero-order valence-corrected chi connectivity index (χ0v) is 42.3.